The lowest BCUT2D eigenvalue weighted by molar-refractivity contribution is -0.135. The van der Waals surface area contributed by atoms with Gasteiger partial charge in [0.25, 0.3) is 0 Å². The van der Waals surface area contributed by atoms with Gasteiger partial charge in [-0.05, 0) is 38.1 Å². The van der Waals surface area contributed by atoms with Crippen molar-refractivity contribution in [2.45, 2.75) is 13.8 Å². The second-order valence-electron chi connectivity index (χ2n) is 3.73. The molecule has 5 nitrogen and oxygen atoms in total. The molecule has 0 radical (unpaired) electrons. The number of nitrogens with zero attached hydrogens (tertiary/aromatic N) is 1. The van der Waals surface area contributed by atoms with Gasteiger partial charge in [-0.25, -0.2) is 4.79 Å². The van der Waals surface area contributed by atoms with Crippen molar-refractivity contribution in [2.24, 2.45) is 0 Å². The molecule has 0 N–H and O–H groups in total. The average molecular weight is 275 g/mol. The molecule has 0 aliphatic heterocycles. The van der Waals surface area contributed by atoms with Crippen LogP contribution in [0.5, 0.6) is 11.5 Å². The van der Waals surface area contributed by atoms with Gasteiger partial charge in [-0.3, -0.25) is 0 Å². The molecule has 0 fully saturated rings. The van der Waals surface area contributed by atoms with Gasteiger partial charge < -0.3 is 14.2 Å². The number of methoxy groups -OCH3 is 1. The van der Waals surface area contributed by atoms with Crippen LogP contribution in [-0.2, 0) is 9.53 Å². The van der Waals surface area contributed by atoms with E-state index in [9.17, 15) is 4.79 Å². The van der Waals surface area contributed by atoms with Crippen LogP contribution in [0, 0.1) is 11.3 Å². The first-order chi connectivity index (χ1) is 9.65. The third-order valence-corrected chi connectivity index (χ3v) is 2.42. The number of carbonyl (C=O) groups is 1. The molecule has 0 aliphatic rings. The molecule has 0 bridgehead atoms. The molecule has 0 spiro atoms. The van der Waals surface area contributed by atoms with Gasteiger partial charge in [-0.2, -0.15) is 5.26 Å². The monoisotopic (exact) mass is 275 g/mol. The number of ether oxygens (including phenoxy) is 3. The minimum absolute atomic E-state index is 0.0953. The highest BCUT2D eigenvalue weighted by molar-refractivity contribution is 5.98. The van der Waals surface area contributed by atoms with Crippen LogP contribution in [0.25, 0.3) is 6.08 Å². The molecular weight excluding hydrogens is 258 g/mol. The van der Waals surface area contributed by atoms with Crippen LogP contribution in [0.15, 0.2) is 23.8 Å². The summed E-state index contributed by atoms with van der Waals surface area (Å²) in [5, 5.41) is 8.99. The fourth-order valence-corrected chi connectivity index (χ4v) is 1.59. The Balaban J connectivity index is 3.24. The number of rotatable bonds is 6. The second kappa shape index (κ2) is 7.85. The van der Waals surface area contributed by atoms with E-state index in [1.165, 1.54) is 13.2 Å². The van der Waals surface area contributed by atoms with Crippen molar-refractivity contribution in [3.63, 3.8) is 0 Å². The lowest BCUT2D eigenvalue weighted by Gasteiger charge is -2.10. The van der Waals surface area contributed by atoms with E-state index in [0.29, 0.717) is 30.3 Å². The van der Waals surface area contributed by atoms with Gasteiger partial charge in [0.2, 0.25) is 0 Å². The predicted molar refractivity (Wildman–Crippen MR) is 74.4 cm³/mol. The molecule has 106 valence electrons. The molecular formula is C15H17NO4. The largest absolute Gasteiger partial charge is 0.494 e. The molecule has 20 heavy (non-hydrogen) atoms. The number of nitriles is 1. The highest BCUT2D eigenvalue weighted by Crippen LogP contribution is 2.26. The van der Waals surface area contributed by atoms with Crippen molar-refractivity contribution >= 4 is 12.0 Å². The Bertz CT molecular complexity index is 543. The molecule has 5 heteroatoms. The van der Waals surface area contributed by atoms with Crippen LogP contribution in [0.3, 0.4) is 0 Å². The van der Waals surface area contributed by atoms with Crippen LogP contribution in [0.2, 0.25) is 0 Å². The molecule has 1 aromatic rings. The van der Waals surface area contributed by atoms with E-state index in [-0.39, 0.29) is 5.57 Å². The molecule has 0 heterocycles. The molecule has 0 saturated heterocycles. The van der Waals surface area contributed by atoms with E-state index >= 15 is 0 Å². The van der Waals surface area contributed by atoms with Crippen molar-refractivity contribution in [2.75, 3.05) is 20.3 Å². The van der Waals surface area contributed by atoms with Gasteiger partial charge >= 0.3 is 5.97 Å². The zero-order valence-corrected chi connectivity index (χ0v) is 11.8. The molecule has 1 aromatic carbocycles. The Hall–Kier alpha value is -2.48. The minimum Gasteiger partial charge on any atom is -0.494 e. The van der Waals surface area contributed by atoms with E-state index in [1.807, 2.05) is 19.9 Å². The fraction of sp³-hybridized carbons (Fsp3) is 0.333. The highest BCUT2D eigenvalue weighted by Gasteiger charge is 2.11. The van der Waals surface area contributed by atoms with Crippen molar-refractivity contribution in [3.05, 3.63) is 29.3 Å². The van der Waals surface area contributed by atoms with Crippen molar-refractivity contribution in [1.29, 1.82) is 5.26 Å². The highest BCUT2D eigenvalue weighted by atomic mass is 16.5. The first-order valence-corrected chi connectivity index (χ1v) is 6.26. The van der Waals surface area contributed by atoms with Gasteiger partial charge in [0, 0.05) is 5.56 Å². The SMILES string of the molecule is CCOc1ccc(OCC)c(/C=C(/C#N)C(=O)OC)c1. The smallest absolute Gasteiger partial charge is 0.348 e. The third-order valence-electron chi connectivity index (χ3n) is 2.42. The van der Waals surface area contributed by atoms with E-state index in [0.717, 1.165) is 0 Å². The lowest BCUT2D eigenvalue weighted by atomic mass is 10.1. The summed E-state index contributed by atoms with van der Waals surface area (Å²) >= 11 is 0. The van der Waals surface area contributed by atoms with Crippen LogP contribution in [0.4, 0.5) is 0 Å². The Morgan fingerprint density at radius 2 is 2.00 bits per heavy atom. The second-order valence-corrected chi connectivity index (χ2v) is 3.73. The molecule has 0 unspecified atom stereocenters. The molecule has 0 aromatic heterocycles. The number of esters is 1. The van der Waals surface area contributed by atoms with Crippen LogP contribution in [0.1, 0.15) is 19.4 Å². The standard InChI is InChI=1S/C15H17NO4/c1-4-19-13-6-7-14(20-5-2)11(9-13)8-12(10-16)15(17)18-3/h6-9H,4-5H2,1-3H3/b12-8-. The number of carbonyl (C=O) groups excluding carboxylic acids is 1. The number of benzene rings is 1. The summed E-state index contributed by atoms with van der Waals surface area (Å²) in [7, 11) is 1.23. The van der Waals surface area contributed by atoms with Gasteiger partial charge in [0.15, 0.2) is 0 Å². The molecule has 0 saturated carbocycles. The van der Waals surface area contributed by atoms with Gasteiger partial charge in [-0.15, -0.1) is 0 Å². The maximum Gasteiger partial charge on any atom is 0.348 e. The minimum atomic E-state index is -0.684. The van der Waals surface area contributed by atoms with Crippen molar-refractivity contribution in [1.82, 2.24) is 0 Å². The van der Waals surface area contributed by atoms with E-state index in [1.54, 1.807) is 18.2 Å². The summed E-state index contributed by atoms with van der Waals surface area (Å²) in [5.74, 6) is 0.536. The van der Waals surface area contributed by atoms with Gasteiger partial charge in [-0.1, -0.05) is 0 Å². The zero-order valence-electron chi connectivity index (χ0n) is 11.8. The lowest BCUT2D eigenvalue weighted by Crippen LogP contribution is -2.03. The summed E-state index contributed by atoms with van der Waals surface area (Å²) in [6.07, 6.45) is 1.43. The number of hydrogen-bond acceptors (Lipinski definition) is 5. The van der Waals surface area contributed by atoms with Crippen LogP contribution < -0.4 is 9.47 Å². The van der Waals surface area contributed by atoms with E-state index in [2.05, 4.69) is 4.74 Å². The Morgan fingerprint density at radius 1 is 1.30 bits per heavy atom. The molecule has 0 aliphatic carbocycles. The molecule has 0 amide bonds. The summed E-state index contributed by atoms with van der Waals surface area (Å²) in [6.45, 7) is 4.74. The molecule has 0 atom stereocenters. The van der Waals surface area contributed by atoms with Gasteiger partial charge in [0.1, 0.15) is 23.1 Å². The Morgan fingerprint density at radius 3 is 2.55 bits per heavy atom. The van der Waals surface area contributed by atoms with Gasteiger partial charge in [0.05, 0.1) is 20.3 Å². The van der Waals surface area contributed by atoms with Crippen LogP contribution >= 0.6 is 0 Å². The predicted octanol–water partition coefficient (Wildman–Crippen LogP) is 2.56. The maximum absolute atomic E-state index is 11.4. The summed E-state index contributed by atoms with van der Waals surface area (Å²) in [5.41, 5.74) is 0.502. The van der Waals surface area contributed by atoms with E-state index < -0.39 is 5.97 Å². The first-order valence-electron chi connectivity index (χ1n) is 6.26. The zero-order chi connectivity index (χ0) is 15.0. The average Bonchev–Trinajstić information content (AvgIpc) is 2.46. The summed E-state index contributed by atoms with van der Waals surface area (Å²) < 4.78 is 15.4. The quantitative estimate of drug-likeness (QED) is 0.453. The van der Waals surface area contributed by atoms with Crippen LogP contribution in [-0.4, -0.2) is 26.3 Å². The first kappa shape index (κ1) is 15.6. The topological polar surface area (TPSA) is 68.5 Å². The molecule has 1 rings (SSSR count). The van der Waals surface area contributed by atoms with E-state index in [4.69, 9.17) is 14.7 Å². The number of hydrogen-bond donors (Lipinski definition) is 0. The summed E-state index contributed by atoms with van der Waals surface area (Å²) in [4.78, 5) is 11.4. The Labute approximate surface area is 118 Å². The van der Waals surface area contributed by atoms with Crippen molar-refractivity contribution < 1.29 is 19.0 Å². The normalized spacial score (nSPS) is 10.6. The fourth-order valence-electron chi connectivity index (χ4n) is 1.59. The Kier molecular flexibility index (Phi) is 6.11. The third kappa shape index (κ3) is 4.02. The summed E-state index contributed by atoms with van der Waals surface area (Å²) in [6, 6.07) is 7.05. The van der Waals surface area contributed by atoms with Crippen molar-refractivity contribution in [3.8, 4) is 17.6 Å². The maximum atomic E-state index is 11.4.